The summed E-state index contributed by atoms with van der Waals surface area (Å²) in [7, 11) is 0. The van der Waals surface area contributed by atoms with E-state index in [1.165, 1.54) is 0 Å². The van der Waals surface area contributed by atoms with Gasteiger partial charge >= 0.3 is 18.5 Å². The summed E-state index contributed by atoms with van der Waals surface area (Å²) >= 11 is 0. The molecule has 1 aromatic carbocycles. The number of terminal acetylenes is 3. The van der Waals surface area contributed by atoms with Crippen LogP contribution in [0.5, 0.6) is 17.2 Å². The molecule has 1 rings (SSSR count). The van der Waals surface area contributed by atoms with Crippen LogP contribution in [-0.4, -0.2) is 38.3 Å². The van der Waals surface area contributed by atoms with Gasteiger partial charge in [0.25, 0.3) is 0 Å². The van der Waals surface area contributed by atoms with Gasteiger partial charge in [0.15, 0.2) is 19.8 Å². The molecule has 0 amide bonds. The average molecular weight is 372 g/mol. The van der Waals surface area contributed by atoms with E-state index in [1.807, 2.05) is 0 Å². The Morgan fingerprint density at radius 1 is 0.630 bits per heavy atom. The second-order valence-corrected chi connectivity index (χ2v) is 4.17. The van der Waals surface area contributed by atoms with E-state index >= 15 is 0 Å². The van der Waals surface area contributed by atoms with Crippen molar-refractivity contribution in [3.63, 3.8) is 0 Å². The number of benzene rings is 1. The highest BCUT2D eigenvalue weighted by atomic mass is 16.7. The highest BCUT2D eigenvalue weighted by Gasteiger charge is 2.15. The molecule has 9 heteroatoms. The summed E-state index contributed by atoms with van der Waals surface area (Å²) in [6, 6.07) is 3.36. The summed E-state index contributed by atoms with van der Waals surface area (Å²) in [5.74, 6) is 5.63. The van der Waals surface area contributed by atoms with Crippen LogP contribution in [0.1, 0.15) is 0 Å². The van der Waals surface area contributed by atoms with Crippen molar-refractivity contribution in [1.82, 2.24) is 0 Å². The molecular weight excluding hydrogens is 360 g/mol. The molecule has 0 N–H and O–H groups in total. The van der Waals surface area contributed by atoms with Crippen molar-refractivity contribution in [3.8, 4) is 54.3 Å². The zero-order valence-corrected chi connectivity index (χ0v) is 13.8. The smallest absolute Gasteiger partial charge is 0.421 e. The Kier molecular flexibility index (Phi) is 8.68. The van der Waals surface area contributed by atoms with Gasteiger partial charge in [-0.25, -0.2) is 14.4 Å². The second kappa shape index (κ2) is 11.3. The van der Waals surface area contributed by atoms with Gasteiger partial charge in [-0.2, -0.15) is 0 Å². The Balaban J connectivity index is 2.96. The van der Waals surface area contributed by atoms with E-state index in [9.17, 15) is 14.4 Å². The molecule has 0 fully saturated rings. The van der Waals surface area contributed by atoms with Crippen LogP contribution in [-0.2, 0) is 14.2 Å². The minimum absolute atomic E-state index is 0.195. The number of carbonyl (C=O) groups is 3. The molecule has 0 aliphatic rings. The number of hydrogen-bond acceptors (Lipinski definition) is 9. The Morgan fingerprint density at radius 2 is 0.889 bits per heavy atom. The van der Waals surface area contributed by atoms with Crippen LogP contribution in [0.2, 0.25) is 0 Å². The van der Waals surface area contributed by atoms with Crippen LogP contribution in [0.15, 0.2) is 18.2 Å². The first-order valence-corrected chi connectivity index (χ1v) is 6.97. The first kappa shape index (κ1) is 20.8. The molecule has 0 radical (unpaired) electrons. The molecule has 0 unspecified atom stereocenters. The summed E-state index contributed by atoms with van der Waals surface area (Å²) < 4.78 is 28.1. The summed E-state index contributed by atoms with van der Waals surface area (Å²) in [5.41, 5.74) is 0. The third-order valence-corrected chi connectivity index (χ3v) is 2.28. The topological polar surface area (TPSA) is 107 Å². The van der Waals surface area contributed by atoms with Gasteiger partial charge in [0.1, 0.15) is 17.2 Å². The quantitative estimate of drug-likeness (QED) is 0.321. The lowest BCUT2D eigenvalue weighted by Gasteiger charge is -2.10. The maximum absolute atomic E-state index is 11.5. The minimum Gasteiger partial charge on any atom is -0.421 e. The van der Waals surface area contributed by atoms with Crippen LogP contribution < -0.4 is 14.2 Å². The summed E-state index contributed by atoms with van der Waals surface area (Å²) in [6.07, 6.45) is 11.4. The van der Waals surface area contributed by atoms with Crippen molar-refractivity contribution in [3.05, 3.63) is 18.2 Å². The van der Waals surface area contributed by atoms with Crippen LogP contribution in [0, 0.1) is 37.0 Å². The molecule has 9 nitrogen and oxygen atoms in total. The normalized spacial score (nSPS) is 8.78. The highest BCUT2D eigenvalue weighted by Crippen LogP contribution is 2.29. The summed E-state index contributed by atoms with van der Waals surface area (Å²) in [4.78, 5) is 34.4. The maximum Gasteiger partial charge on any atom is 0.514 e. The maximum atomic E-state index is 11.5. The van der Waals surface area contributed by atoms with E-state index in [-0.39, 0.29) is 37.1 Å². The van der Waals surface area contributed by atoms with Gasteiger partial charge in [0.2, 0.25) is 0 Å². The molecule has 0 saturated heterocycles. The van der Waals surface area contributed by atoms with Crippen LogP contribution in [0.3, 0.4) is 0 Å². The molecule has 27 heavy (non-hydrogen) atoms. The lowest BCUT2D eigenvalue weighted by atomic mass is 10.3. The molecule has 0 aliphatic heterocycles. The molecule has 0 heterocycles. The van der Waals surface area contributed by atoms with Crippen molar-refractivity contribution in [2.45, 2.75) is 0 Å². The first-order chi connectivity index (χ1) is 13.0. The fourth-order valence-corrected chi connectivity index (χ4v) is 1.40. The van der Waals surface area contributed by atoms with Crippen molar-refractivity contribution in [2.75, 3.05) is 19.8 Å². The van der Waals surface area contributed by atoms with Gasteiger partial charge in [-0.3, -0.25) is 0 Å². The second-order valence-electron chi connectivity index (χ2n) is 4.17. The lowest BCUT2D eigenvalue weighted by Crippen LogP contribution is -2.14. The monoisotopic (exact) mass is 372 g/mol. The Bertz CT molecular complexity index is 699. The van der Waals surface area contributed by atoms with E-state index < -0.39 is 18.5 Å². The van der Waals surface area contributed by atoms with Crippen molar-refractivity contribution < 1.29 is 42.8 Å². The fourth-order valence-electron chi connectivity index (χ4n) is 1.40. The van der Waals surface area contributed by atoms with E-state index in [0.717, 1.165) is 18.2 Å². The minimum atomic E-state index is -1.14. The van der Waals surface area contributed by atoms with Gasteiger partial charge in [0, 0.05) is 18.2 Å². The Morgan fingerprint density at radius 3 is 1.11 bits per heavy atom. The summed E-state index contributed by atoms with van der Waals surface area (Å²) in [5, 5.41) is 0. The van der Waals surface area contributed by atoms with Crippen LogP contribution in [0.4, 0.5) is 14.4 Å². The fraction of sp³-hybridized carbons (Fsp3) is 0.167. The molecule has 1 aromatic rings. The van der Waals surface area contributed by atoms with E-state index in [0.29, 0.717) is 0 Å². The zero-order chi connectivity index (χ0) is 20.1. The molecule has 0 aliphatic carbocycles. The molecule has 0 saturated carbocycles. The van der Waals surface area contributed by atoms with Gasteiger partial charge < -0.3 is 28.4 Å². The molecule has 0 bridgehead atoms. The third kappa shape index (κ3) is 8.39. The van der Waals surface area contributed by atoms with Gasteiger partial charge in [0.05, 0.1) is 0 Å². The average Bonchev–Trinajstić information content (AvgIpc) is 2.62. The van der Waals surface area contributed by atoms with Gasteiger partial charge in [-0.1, -0.05) is 17.8 Å². The van der Waals surface area contributed by atoms with Crippen molar-refractivity contribution >= 4 is 18.5 Å². The lowest BCUT2D eigenvalue weighted by molar-refractivity contribution is 0.108. The highest BCUT2D eigenvalue weighted by molar-refractivity contribution is 5.69. The van der Waals surface area contributed by atoms with Crippen molar-refractivity contribution in [2.24, 2.45) is 0 Å². The predicted octanol–water partition coefficient (Wildman–Crippen LogP) is 2.13. The Hall–Kier alpha value is -4.29. The Labute approximate surface area is 154 Å². The van der Waals surface area contributed by atoms with E-state index in [2.05, 4.69) is 32.0 Å². The number of rotatable bonds is 6. The SMILES string of the molecule is C#CCOC(=O)Oc1cc(OC(=O)OCC#C)cc(OC(=O)OCC#C)c1. The predicted molar refractivity (Wildman–Crippen MR) is 88.9 cm³/mol. The molecule has 0 aromatic heterocycles. The molecular formula is C18H12O9. The van der Waals surface area contributed by atoms with Crippen molar-refractivity contribution in [1.29, 1.82) is 0 Å². The zero-order valence-electron chi connectivity index (χ0n) is 13.8. The molecule has 0 spiro atoms. The number of ether oxygens (including phenoxy) is 6. The van der Waals surface area contributed by atoms with Crippen LogP contribution in [0.25, 0.3) is 0 Å². The molecule has 0 atom stereocenters. The van der Waals surface area contributed by atoms with E-state index in [4.69, 9.17) is 33.5 Å². The van der Waals surface area contributed by atoms with E-state index in [1.54, 1.807) is 0 Å². The van der Waals surface area contributed by atoms with Gasteiger partial charge in [-0.05, 0) is 0 Å². The third-order valence-electron chi connectivity index (χ3n) is 2.28. The largest absolute Gasteiger partial charge is 0.514 e. The van der Waals surface area contributed by atoms with Gasteiger partial charge in [-0.15, -0.1) is 19.3 Å². The molecule has 138 valence electrons. The van der Waals surface area contributed by atoms with Crippen LogP contribution >= 0.6 is 0 Å². The first-order valence-electron chi connectivity index (χ1n) is 6.97. The standard InChI is InChI=1S/C18H12O9/c1-4-7-22-16(19)25-13-10-14(26-17(20)23-8-5-2)12-15(11-13)27-18(21)24-9-6-3/h1-3,10-12H,7-9H2. The number of carbonyl (C=O) groups excluding carboxylic acids is 3. The number of hydrogen-bond donors (Lipinski definition) is 0. The summed E-state index contributed by atoms with van der Waals surface area (Å²) in [6.45, 7) is -0.973.